The van der Waals surface area contributed by atoms with Crippen LogP contribution in [0.15, 0.2) is 122 Å². The summed E-state index contributed by atoms with van der Waals surface area (Å²) in [7, 11) is 13.0. The van der Waals surface area contributed by atoms with Crippen LogP contribution in [0.25, 0.3) is 0 Å². The highest BCUT2D eigenvalue weighted by molar-refractivity contribution is 6.29. The largest absolute Gasteiger partial charge is 0.369 e. The smallest absolute Gasteiger partial charge is 0.231 e. The van der Waals surface area contributed by atoms with Gasteiger partial charge in [0.25, 0.3) is 0 Å². The number of anilines is 2. The van der Waals surface area contributed by atoms with Crippen molar-refractivity contribution < 1.29 is 28.8 Å². The molecule has 3 saturated carbocycles. The van der Waals surface area contributed by atoms with Crippen LogP contribution in [-0.4, -0.2) is 166 Å². The van der Waals surface area contributed by atoms with Crippen LogP contribution < -0.4 is 16.4 Å². The SMILES string of the molecule is CN(C)C1(c2ccccc2)CCC2(CC1)CC(=O)N(CCC(C)(C)C(=O)Nc1cc(Cl)ncn1)C2.CN(C)C1(c2ccccc2)CCC2(CC1)CC(=O)N(CCC(C)(C)C(=O)Nc1ccncn1)C2.CN(C)C1(c2ccccc2)CCC2(CC1)CC(=O)N(CCC(C)(C)C(N)=O)C2. The van der Waals surface area contributed by atoms with E-state index in [1.807, 2.05) is 56.2 Å². The highest BCUT2D eigenvalue weighted by Crippen LogP contribution is 2.55. The van der Waals surface area contributed by atoms with Crippen molar-refractivity contribution in [3.05, 3.63) is 144 Å². The quantitative estimate of drug-likeness (QED) is 0.0618. The first-order valence-electron chi connectivity index (χ1n) is 35.0. The van der Waals surface area contributed by atoms with Crippen LogP contribution in [0.2, 0.25) is 5.15 Å². The summed E-state index contributed by atoms with van der Waals surface area (Å²) in [4.78, 5) is 105. The van der Waals surface area contributed by atoms with E-state index in [0.717, 1.165) is 96.7 Å². The second kappa shape index (κ2) is 30.1. The Balaban J connectivity index is 0.000000172. The maximum atomic E-state index is 13.0. The van der Waals surface area contributed by atoms with Crippen molar-refractivity contribution >= 4 is 58.7 Å². The molecule has 4 N–H and O–H groups in total. The molecule has 0 unspecified atom stereocenters. The molecule has 3 aromatic carbocycles. The Labute approximate surface area is 581 Å². The Hall–Kier alpha value is -7.19. The zero-order valence-electron chi connectivity index (χ0n) is 59.9. The van der Waals surface area contributed by atoms with E-state index in [4.69, 9.17) is 17.3 Å². The van der Waals surface area contributed by atoms with Gasteiger partial charge in [-0.3, -0.25) is 43.5 Å². The molecule has 20 heteroatoms. The number of rotatable bonds is 20. The van der Waals surface area contributed by atoms with Crippen LogP contribution in [-0.2, 0) is 45.4 Å². The van der Waals surface area contributed by atoms with Gasteiger partial charge in [-0.2, -0.15) is 0 Å². The number of primary amides is 1. The van der Waals surface area contributed by atoms with Gasteiger partial charge in [-0.1, -0.05) is 144 Å². The standard InChI is InChI=1S/C27H36ClN5O2.C27H37N5O2.C23H35N3O2/c1-25(2,24(35)31-22-16-21(28)29-19-30-22)14-15-33-18-26(17-23(33)34)10-12-27(13-11-26,32(3)4)20-8-6-5-7-9-20;1-25(2,24(34)30-22-10-16-28-20-29-22)15-17-32-19-26(18-23(32)33)11-13-27(14-12-26,31(3)4)21-8-6-5-7-9-21;1-21(2,20(24)28)14-15-26-17-22(16-19(26)27)10-12-23(13-11-22,25(3)4)18-8-6-5-7-9-18/h5-9,16,19H,10-15,17-18H2,1-4H3,(H,29,30,31,35);5-10,16,20H,11-15,17-19H2,1-4H3,(H,28,29,30,34);5-9H,10-17H2,1-4H3,(H2,24,28). The third-order valence-electron chi connectivity index (χ3n) is 23.7. The molecule has 5 aromatic rings. The van der Waals surface area contributed by atoms with Gasteiger partial charge in [0.15, 0.2) is 0 Å². The summed E-state index contributed by atoms with van der Waals surface area (Å²) in [6.07, 6.45) is 20.6. The van der Waals surface area contributed by atoms with E-state index >= 15 is 0 Å². The molecule has 6 aliphatic rings. The van der Waals surface area contributed by atoms with Crippen LogP contribution in [0.1, 0.15) is 174 Å². The van der Waals surface area contributed by atoms with Crippen molar-refractivity contribution in [1.82, 2.24) is 49.3 Å². The van der Waals surface area contributed by atoms with Crippen molar-refractivity contribution in [3.63, 3.8) is 0 Å². The molecule has 0 radical (unpaired) electrons. The summed E-state index contributed by atoms with van der Waals surface area (Å²) >= 11 is 5.90. The number of amides is 6. The van der Waals surface area contributed by atoms with Gasteiger partial charge in [-0.25, -0.2) is 19.9 Å². The van der Waals surface area contributed by atoms with Crippen LogP contribution in [0.3, 0.4) is 0 Å². The average molecular weight is 1350 g/mol. The molecular weight excluding hydrogens is 1240 g/mol. The van der Waals surface area contributed by atoms with E-state index in [-0.39, 0.29) is 73.5 Å². The maximum absolute atomic E-state index is 13.0. The van der Waals surface area contributed by atoms with Crippen LogP contribution >= 0.6 is 11.6 Å². The number of halogens is 1. The molecule has 11 rings (SSSR count). The van der Waals surface area contributed by atoms with Gasteiger partial charge in [-0.15, -0.1) is 0 Å². The van der Waals surface area contributed by atoms with Crippen LogP contribution in [0, 0.1) is 32.5 Å². The van der Waals surface area contributed by atoms with Crippen molar-refractivity contribution in [2.75, 3.05) is 92.2 Å². The number of carbonyl (C=O) groups excluding carboxylic acids is 6. The first-order chi connectivity index (χ1) is 45.8. The van der Waals surface area contributed by atoms with Gasteiger partial charge < -0.3 is 31.1 Å². The number of nitrogens with two attached hydrogens (primary N) is 1. The number of nitrogens with one attached hydrogen (secondary N) is 2. The minimum Gasteiger partial charge on any atom is -0.369 e. The fourth-order valence-corrected chi connectivity index (χ4v) is 16.4. The zero-order chi connectivity index (χ0) is 70.2. The molecule has 0 bridgehead atoms. The molecule has 3 aliphatic heterocycles. The summed E-state index contributed by atoms with van der Waals surface area (Å²) in [6.45, 7) is 15.5. The molecule has 524 valence electrons. The van der Waals surface area contributed by atoms with Gasteiger partial charge in [0.1, 0.15) is 29.4 Å². The van der Waals surface area contributed by atoms with Crippen LogP contribution in [0.5, 0.6) is 0 Å². The van der Waals surface area contributed by atoms with Crippen LogP contribution in [0.4, 0.5) is 11.6 Å². The minimum absolute atomic E-state index is 0.0208. The lowest BCUT2D eigenvalue weighted by atomic mass is 9.64. The van der Waals surface area contributed by atoms with Crippen molar-refractivity contribution in [2.24, 2.45) is 38.2 Å². The number of nitrogens with zero attached hydrogens (tertiary/aromatic N) is 10. The molecule has 19 nitrogen and oxygen atoms in total. The summed E-state index contributed by atoms with van der Waals surface area (Å²) in [5.41, 5.74) is 8.03. The van der Waals surface area contributed by atoms with Gasteiger partial charge in [0, 0.05) is 104 Å². The Morgan fingerprint density at radius 1 is 0.464 bits per heavy atom. The first-order valence-corrected chi connectivity index (χ1v) is 35.4. The van der Waals surface area contributed by atoms with E-state index in [2.05, 4.69) is 179 Å². The summed E-state index contributed by atoms with van der Waals surface area (Å²) in [5.74, 6) is 1.000. The van der Waals surface area contributed by atoms with Gasteiger partial charge in [0.2, 0.25) is 35.4 Å². The Kier molecular flexibility index (Phi) is 23.0. The van der Waals surface area contributed by atoms with E-state index in [0.29, 0.717) is 69.8 Å². The van der Waals surface area contributed by atoms with E-state index in [9.17, 15) is 28.8 Å². The minimum atomic E-state index is -0.659. The van der Waals surface area contributed by atoms with Crippen molar-refractivity contribution in [3.8, 4) is 0 Å². The van der Waals surface area contributed by atoms with E-state index < -0.39 is 16.2 Å². The predicted octanol–water partition coefficient (Wildman–Crippen LogP) is 12.0. The number of hydrogen-bond acceptors (Lipinski definition) is 13. The zero-order valence-corrected chi connectivity index (χ0v) is 60.7. The normalized spacial score (nSPS) is 26.0. The summed E-state index contributed by atoms with van der Waals surface area (Å²) in [6, 6.07) is 35.5. The Bertz CT molecular complexity index is 3510. The molecule has 6 fully saturated rings. The second-order valence-electron chi connectivity index (χ2n) is 31.8. The number of aromatic nitrogens is 4. The lowest BCUT2D eigenvalue weighted by molar-refractivity contribution is -0.130. The van der Waals surface area contributed by atoms with Gasteiger partial charge >= 0.3 is 0 Å². The molecule has 3 aliphatic carbocycles. The maximum Gasteiger partial charge on any atom is 0.231 e. The fraction of sp³-hybridized carbons (Fsp3) is 0.584. The topological polar surface area (TPSA) is 224 Å². The Morgan fingerprint density at radius 3 is 1.08 bits per heavy atom. The highest BCUT2D eigenvalue weighted by Gasteiger charge is 2.54. The molecule has 6 amide bonds. The Morgan fingerprint density at radius 2 is 0.784 bits per heavy atom. The third kappa shape index (κ3) is 16.9. The third-order valence-corrected chi connectivity index (χ3v) is 24.0. The second-order valence-corrected chi connectivity index (χ2v) is 32.2. The average Bonchev–Trinajstić information content (AvgIpc) is 1.75. The lowest BCUT2D eigenvalue weighted by Crippen LogP contribution is -2.47. The molecule has 0 atom stereocenters. The molecular formula is C77H108ClN13O6. The summed E-state index contributed by atoms with van der Waals surface area (Å²) in [5, 5.41) is 5.96. The predicted molar refractivity (Wildman–Crippen MR) is 382 cm³/mol. The van der Waals surface area contributed by atoms with Crippen molar-refractivity contribution in [2.45, 2.75) is 174 Å². The van der Waals surface area contributed by atoms with E-state index in [1.165, 1.54) is 35.4 Å². The molecule has 2 aromatic heterocycles. The summed E-state index contributed by atoms with van der Waals surface area (Å²) < 4.78 is 0. The van der Waals surface area contributed by atoms with Gasteiger partial charge in [-0.05, 0) is 178 Å². The van der Waals surface area contributed by atoms with Crippen molar-refractivity contribution in [1.29, 1.82) is 0 Å². The first kappa shape index (κ1) is 74.0. The molecule has 3 spiro atoms. The molecule has 97 heavy (non-hydrogen) atoms. The van der Waals surface area contributed by atoms with Gasteiger partial charge in [0.05, 0.1) is 0 Å². The molecule has 5 heterocycles. The highest BCUT2D eigenvalue weighted by atomic mass is 35.5. The number of carbonyl (C=O) groups is 6. The number of benzene rings is 3. The number of hydrogen-bond donors (Lipinski definition) is 3. The molecule has 3 saturated heterocycles. The lowest BCUT2D eigenvalue weighted by Gasteiger charge is -2.49. The monoisotopic (exact) mass is 1350 g/mol. The number of likely N-dealkylation sites (tertiary alicyclic amines) is 3. The fourth-order valence-electron chi connectivity index (χ4n) is 16.3. The van der Waals surface area contributed by atoms with E-state index in [1.54, 1.807) is 12.3 Å².